The lowest BCUT2D eigenvalue weighted by molar-refractivity contribution is 0.0827. The Hall–Kier alpha value is -2.60. The minimum atomic E-state index is 0.0104. The fourth-order valence-corrected chi connectivity index (χ4v) is 2.57. The van der Waals surface area contributed by atoms with Crippen molar-refractivity contribution < 1.29 is 4.79 Å². The number of halogens is 1. The van der Waals surface area contributed by atoms with E-state index in [1.54, 1.807) is 31.3 Å². The Bertz CT molecular complexity index is 774. The summed E-state index contributed by atoms with van der Waals surface area (Å²) < 4.78 is 0. The first-order valence-electron chi connectivity index (χ1n) is 8.92. The Morgan fingerprint density at radius 2 is 2.00 bits per heavy atom. The molecule has 1 heterocycles. The van der Waals surface area contributed by atoms with Crippen molar-refractivity contribution >= 4 is 23.5 Å². The molecule has 0 aliphatic heterocycles. The number of hydrogen-bond acceptors (Lipinski definition) is 3. The van der Waals surface area contributed by atoms with Gasteiger partial charge in [-0.05, 0) is 42.7 Å². The number of aromatic nitrogens is 1. The largest absolute Gasteiger partial charge is 0.357 e. The van der Waals surface area contributed by atoms with Crippen LogP contribution in [0.4, 0.5) is 0 Å². The van der Waals surface area contributed by atoms with E-state index < -0.39 is 0 Å². The van der Waals surface area contributed by atoms with Crippen molar-refractivity contribution in [2.75, 3.05) is 27.2 Å². The lowest BCUT2D eigenvalue weighted by atomic mass is 10.1. The van der Waals surface area contributed by atoms with Crippen molar-refractivity contribution in [1.29, 1.82) is 0 Å². The van der Waals surface area contributed by atoms with Gasteiger partial charge in [0.15, 0.2) is 5.96 Å². The van der Waals surface area contributed by atoms with E-state index in [0.29, 0.717) is 23.8 Å². The number of nitrogens with one attached hydrogen (secondary N) is 2. The van der Waals surface area contributed by atoms with Gasteiger partial charge in [-0.2, -0.15) is 0 Å². The van der Waals surface area contributed by atoms with E-state index in [1.165, 1.54) is 0 Å². The number of pyridine rings is 1. The van der Waals surface area contributed by atoms with Gasteiger partial charge in [-0.1, -0.05) is 29.8 Å². The van der Waals surface area contributed by atoms with Crippen LogP contribution in [-0.2, 0) is 13.0 Å². The summed E-state index contributed by atoms with van der Waals surface area (Å²) in [7, 11) is 3.51. The molecule has 0 atom stereocenters. The molecule has 7 heteroatoms. The Labute approximate surface area is 165 Å². The van der Waals surface area contributed by atoms with Gasteiger partial charge in [-0.25, -0.2) is 9.98 Å². The van der Waals surface area contributed by atoms with E-state index in [-0.39, 0.29) is 5.91 Å². The zero-order valence-corrected chi connectivity index (χ0v) is 16.8. The number of amides is 1. The van der Waals surface area contributed by atoms with Crippen LogP contribution >= 0.6 is 11.6 Å². The summed E-state index contributed by atoms with van der Waals surface area (Å²) >= 11 is 5.80. The summed E-state index contributed by atoms with van der Waals surface area (Å²) in [4.78, 5) is 22.3. The highest BCUT2D eigenvalue weighted by atomic mass is 35.5. The molecule has 2 rings (SSSR count). The maximum atomic E-state index is 12.1. The molecule has 144 valence electrons. The minimum Gasteiger partial charge on any atom is -0.357 e. The predicted molar refractivity (Wildman–Crippen MR) is 110 cm³/mol. The molecule has 1 amide bonds. The number of benzene rings is 1. The Morgan fingerprint density at radius 1 is 1.19 bits per heavy atom. The molecule has 0 bridgehead atoms. The maximum absolute atomic E-state index is 12.1. The number of nitrogens with zero attached hydrogens (tertiary/aromatic N) is 3. The van der Waals surface area contributed by atoms with Crippen LogP contribution in [0.15, 0.2) is 47.6 Å². The molecule has 0 aliphatic rings. The van der Waals surface area contributed by atoms with Gasteiger partial charge in [0.25, 0.3) is 5.91 Å². The van der Waals surface area contributed by atoms with Crippen LogP contribution < -0.4 is 10.6 Å². The van der Waals surface area contributed by atoms with Crippen molar-refractivity contribution in [2.24, 2.45) is 4.99 Å². The second-order valence-electron chi connectivity index (χ2n) is 6.26. The molecule has 2 aromatic rings. The predicted octanol–water partition coefficient (Wildman–Crippen LogP) is 2.73. The fourth-order valence-electron chi connectivity index (χ4n) is 2.46. The number of carbonyl (C=O) groups excluding carboxylic acids is 1. The van der Waals surface area contributed by atoms with Crippen LogP contribution in [-0.4, -0.2) is 48.9 Å². The summed E-state index contributed by atoms with van der Waals surface area (Å²) in [6.45, 7) is 4.03. The number of guanidine groups is 1. The van der Waals surface area contributed by atoms with Gasteiger partial charge in [0.05, 0.1) is 6.54 Å². The van der Waals surface area contributed by atoms with Gasteiger partial charge in [0.1, 0.15) is 5.15 Å². The van der Waals surface area contributed by atoms with Crippen LogP contribution in [0.2, 0.25) is 5.15 Å². The Kier molecular flexibility index (Phi) is 8.07. The molecular weight excluding hydrogens is 362 g/mol. The third-order valence-electron chi connectivity index (χ3n) is 3.84. The molecule has 1 aromatic carbocycles. The molecule has 0 saturated heterocycles. The number of aliphatic imine (C=N–C) groups is 1. The third-order valence-corrected chi connectivity index (χ3v) is 4.06. The van der Waals surface area contributed by atoms with E-state index in [4.69, 9.17) is 11.6 Å². The number of rotatable bonds is 7. The summed E-state index contributed by atoms with van der Waals surface area (Å²) in [6.07, 6.45) is 2.52. The molecule has 0 saturated carbocycles. The van der Waals surface area contributed by atoms with Crippen molar-refractivity contribution in [3.05, 3.63) is 64.4 Å². The molecule has 0 spiro atoms. The maximum Gasteiger partial charge on any atom is 0.253 e. The Balaban J connectivity index is 1.92. The van der Waals surface area contributed by atoms with Crippen molar-refractivity contribution in [2.45, 2.75) is 19.9 Å². The topological polar surface area (TPSA) is 69.6 Å². The molecule has 0 fully saturated rings. The van der Waals surface area contributed by atoms with Crippen LogP contribution in [0.25, 0.3) is 0 Å². The zero-order valence-electron chi connectivity index (χ0n) is 16.0. The summed E-state index contributed by atoms with van der Waals surface area (Å²) in [5.41, 5.74) is 2.80. The highest BCUT2D eigenvalue weighted by molar-refractivity contribution is 6.29. The SMILES string of the molecule is CCNC(=NCc1ccc(Cl)nc1)NCCc1cccc(C(=O)N(C)C)c1. The summed E-state index contributed by atoms with van der Waals surface area (Å²) in [6, 6.07) is 11.4. The molecule has 6 nitrogen and oxygen atoms in total. The van der Waals surface area contributed by atoms with Gasteiger partial charge in [0.2, 0.25) is 0 Å². The fraction of sp³-hybridized carbons (Fsp3) is 0.350. The molecule has 27 heavy (non-hydrogen) atoms. The normalized spacial score (nSPS) is 11.2. The monoisotopic (exact) mass is 387 g/mol. The van der Waals surface area contributed by atoms with Crippen LogP contribution in [0.1, 0.15) is 28.4 Å². The third kappa shape index (κ3) is 6.90. The molecule has 0 aliphatic carbocycles. The van der Waals surface area contributed by atoms with Gasteiger partial charge in [-0.3, -0.25) is 4.79 Å². The zero-order chi connectivity index (χ0) is 19.6. The van der Waals surface area contributed by atoms with Crippen LogP contribution in [0, 0.1) is 0 Å². The van der Waals surface area contributed by atoms with Crippen molar-refractivity contribution in [3.63, 3.8) is 0 Å². The summed E-state index contributed by atoms with van der Waals surface area (Å²) in [5.74, 6) is 0.754. The van der Waals surface area contributed by atoms with E-state index in [0.717, 1.165) is 30.1 Å². The van der Waals surface area contributed by atoms with Gasteiger partial charge in [-0.15, -0.1) is 0 Å². The van der Waals surface area contributed by atoms with E-state index in [2.05, 4.69) is 20.6 Å². The first kappa shape index (κ1) is 20.7. The highest BCUT2D eigenvalue weighted by Gasteiger charge is 2.08. The van der Waals surface area contributed by atoms with Crippen LogP contribution in [0.3, 0.4) is 0 Å². The van der Waals surface area contributed by atoms with Crippen molar-refractivity contribution in [3.8, 4) is 0 Å². The van der Waals surface area contributed by atoms with E-state index in [9.17, 15) is 4.79 Å². The van der Waals surface area contributed by atoms with Crippen LogP contribution in [0.5, 0.6) is 0 Å². The van der Waals surface area contributed by atoms with Crippen molar-refractivity contribution in [1.82, 2.24) is 20.5 Å². The highest BCUT2D eigenvalue weighted by Crippen LogP contribution is 2.08. The smallest absolute Gasteiger partial charge is 0.253 e. The van der Waals surface area contributed by atoms with Gasteiger partial charge in [0, 0.05) is 38.9 Å². The van der Waals surface area contributed by atoms with Gasteiger partial charge >= 0.3 is 0 Å². The lowest BCUT2D eigenvalue weighted by Crippen LogP contribution is -2.38. The standard InChI is InChI=1S/C20H26ClN5O/c1-4-22-20(25-14-16-8-9-18(21)24-13-16)23-11-10-15-6-5-7-17(12-15)19(27)26(2)3/h5-9,12-13H,4,10-11,14H2,1-3H3,(H2,22,23,25). The summed E-state index contributed by atoms with van der Waals surface area (Å²) in [5, 5.41) is 7.02. The first-order valence-corrected chi connectivity index (χ1v) is 9.30. The number of carbonyl (C=O) groups is 1. The Morgan fingerprint density at radius 3 is 2.67 bits per heavy atom. The van der Waals surface area contributed by atoms with E-state index >= 15 is 0 Å². The lowest BCUT2D eigenvalue weighted by Gasteiger charge is -2.13. The average molecular weight is 388 g/mol. The number of hydrogen-bond donors (Lipinski definition) is 2. The molecule has 0 unspecified atom stereocenters. The first-order chi connectivity index (χ1) is 13.0. The quantitative estimate of drug-likeness (QED) is 0.435. The van der Waals surface area contributed by atoms with Gasteiger partial charge < -0.3 is 15.5 Å². The van der Waals surface area contributed by atoms with E-state index in [1.807, 2.05) is 37.3 Å². The molecule has 0 radical (unpaired) electrons. The second-order valence-corrected chi connectivity index (χ2v) is 6.65. The average Bonchev–Trinajstić information content (AvgIpc) is 2.67. The molecule has 2 N–H and O–H groups in total. The second kappa shape index (κ2) is 10.5. The minimum absolute atomic E-state index is 0.0104. The molecular formula is C20H26ClN5O. The molecule has 1 aromatic heterocycles.